The van der Waals surface area contributed by atoms with E-state index in [4.69, 9.17) is 0 Å². The molecule has 1 saturated heterocycles. The zero-order chi connectivity index (χ0) is 22.3. The second-order valence-electron chi connectivity index (χ2n) is 9.08. The predicted octanol–water partition coefficient (Wildman–Crippen LogP) is 3.69. The van der Waals surface area contributed by atoms with Gasteiger partial charge >= 0.3 is 0 Å². The maximum Gasteiger partial charge on any atom is 0.175 e. The van der Waals surface area contributed by atoms with Crippen molar-refractivity contribution in [2.24, 2.45) is 5.92 Å². The summed E-state index contributed by atoms with van der Waals surface area (Å²) >= 11 is 0. The van der Waals surface area contributed by atoms with Crippen LogP contribution >= 0.6 is 0 Å². The summed E-state index contributed by atoms with van der Waals surface area (Å²) in [5.41, 5.74) is 0.989. The Balaban J connectivity index is 1.45. The summed E-state index contributed by atoms with van der Waals surface area (Å²) in [6.45, 7) is 3.39. The van der Waals surface area contributed by atoms with Crippen molar-refractivity contribution >= 4 is 26.4 Å². The molecule has 0 spiro atoms. The molecule has 1 atom stereocenters. The highest BCUT2D eigenvalue weighted by atomic mass is 32.2. The Labute approximate surface area is 188 Å². The van der Waals surface area contributed by atoms with E-state index in [0.29, 0.717) is 17.3 Å². The first-order valence-corrected chi connectivity index (χ1v) is 13.1. The number of nitrogens with one attached hydrogen (secondary N) is 1. The highest BCUT2D eigenvalue weighted by Gasteiger charge is 2.28. The van der Waals surface area contributed by atoms with E-state index in [9.17, 15) is 13.5 Å². The maximum atomic E-state index is 11.8. The van der Waals surface area contributed by atoms with E-state index in [1.807, 2.05) is 24.3 Å². The highest BCUT2D eigenvalue weighted by molar-refractivity contribution is 7.90. The first kappa shape index (κ1) is 21.2. The van der Waals surface area contributed by atoms with Gasteiger partial charge in [-0.25, -0.2) is 8.42 Å². The molecule has 1 aliphatic heterocycles. The summed E-state index contributed by atoms with van der Waals surface area (Å²) in [5, 5.41) is 24.9. The summed E-state index contributed by atoms with van der Waals surface area (Å²) in [6, 6.07) is 12.5. The molecule has 0 amide bonds. The average Bonchev–Trinajstić information content (AvgIpc) is 3.58. The molecule has 1 aromatic heterocycles. The molecule has 8 heteroatoms. The molecule has 5 rings (SSSR count). The van der Waals surface area contributed by atoms with E-state index >= 15 is 0 Å². The van der Waals surface area contributed by atoms with Crippen LogP contribution in [0.3, 0.4) is 0 Å². The Kier molecular flexibility index (Phi) is 5.51. The van der Waals surface area contributed by atoms with Gasteiger partial charge in [-0.2, -0.15) is 0 Å². The first-order chi connectivity index (χ1) is 15.4. The van der Waals surface area contributed by atoms with Gasteiger partial charge in [0.05, 0.1) is 4.90 Å². The number of rotatable bonds is 6. The third-order valence-corrected chi connectivity index (χ3v) is 7.51. The third-order valence-electron chi connectivity index (χ3n) is 6.40. The van der Waals surface area contributed by atoms with Crippen molar-refractivity contribution in [1.82, 2.24) is 15.1 Å². The molecular formula is C24H28N4O3S. The molecule has 32 heavy (non-hydrogen) atoms. The lowest BCUT2D eigenvalue weighted by molar-refractivity contribution is 0.208. The van der Waals surface area contributed by atoms with Crippen molar-refractivity contribution < 1.29 is 13.5 Å². The van der Waals surface area contributed by atoms with Gasteiger partial charge in [0.15, 0.2) is 15.7 Å². The lowest BCUT2D eigenvalue weighted by Crippen LogP contribution is -2.43. The van der Waals surface area contributed by atoms with Crippen LogP contribution in [0.2, 0.25) is 0 Å². The largest absolute Gasteiger partial charge is 0.507 e. The molecule has 2 aromatic carbocycles. The summed E-state index contributed by atoms with van der Waals surface area (Å²) < 4.78 is 23.6. The minimum atomic E-state index is -3.41. The van der Waals surface area contributed by atoms with Gasteiger partial charge < -0.3 is 15.3 Å². The number of piperidine rings is 1. The van der Waals surface area contributed by atoms with E-state index < -0.39 is 9.84 Å². The smallest absolute Gasteiger partial charge is 0.175 e. The number of sulfone groups is 1. The monoisotopic (exact) mass is 452 g/mol. The lowest BCUT2D eigenvalue weighted by atomic mass is 10.0. The van der Waals surface area contributed by atoms with Gasteiger partial charge in [0.25, 0.3) is 0 Å². The lowest BCUT2D eigenvalue weighted by Gasteiger charge is -2.33. The number of nitrogens with zero attached hydrogens (tertiary/aromatic N) is 3. The Bertz CT molecular complexity index is 1260. The second-order valence-corrected chi connectivity index (χ2v) is 11.1. The molecule has 3 aromatic rings. The van der Waals surface area contributed by atoms with Gasteiger partial charge in [-0.1, -0.05) is 24.3 Å². The standard InChI is InChI=1S/C24H28N4O3S/c1-32(30,31)18-10-11-21(22(29)13-18)23-19-6-2-3-7-20(19)24(27-26-23)25-17-5-4-12-28(15-17)14-16-8-9-16/h2-3,6-7,10-11,13,16-17,29H,4-5,8-9,12,14-15H2,1H3,(H,25,27). The number of aromatic nitrogens is 2. The van der Waals surface area contributed by atoms with E-state index in [0.717, 1.165) is 41.7 Å². The molecule has 0 radical (unpaired) electrons. The maximum absolute atomic E-state index is 11.8. The van der Waals surface area contributed by atoms with Crippen LogP contribution in [0.5, 0.6) is 5.75 Å². The topological polar surface area (TPSA) is 95.4 Å². The number of hydrogen-bond acceptors (Lipinski definition) is 7. The van der Waals surface area contributed by atoms with Crippen molar-refractivity contribution in [3.63, 3.8) is 0 Å². The number of anilines is 1. The van der Waals surface area contributed by atoms with E-state index in [1.54, 1.807) is 6.07 Å². The van der Waals surface area contributed by atoms with Crippen LogP contribution in [-0.4, -0.2) is 60.6 Å². The van der Waals surface area contributed by atoms with Crippen LogP contribution < -0.4 is 5.32 Å². The summed E-state index contributed by atoms with van der Waals surface area (Å²) in [6.07, 6.45) is 6.13. The Hall–Kier alpha value is -2.71. The molecule has 168 valence electrons. The number of hydrogen-bond donors (Lipinski definition) is 2. The van der Waals surface area contributed by atoms with Crippen molar-refractivity contribution in [1.29, 1.82) is 0 Å². The van der Waals surface area contributed by atoms with Crippen LogP contribution in [0, 0.1) is 5.92 Å². The number of phenolic OH excluding ortho intramolecular Hbond substituents is 1. The van der Waals surface area contributed by atoms with E-state index in [-0.39, 0.29) is 10.6 Å². The SMILES string of the molecule is CS(=O)(=O)c1ccc(-c2nnc(NC3CCCN(CC4CC4)C3)c3ccccc23)c(O)c1. The van der Waals surface area contributed by atoms with Crippen LogP contribution in [0.25, 0.3) is 22.0 Å². The molecule has 1 saturated carbocycles. The number of fused-ring (bicyclic) bond motifs is 1. The Morgan fingerprint density at radius 3 is 2.59 bits per heavy atom. The Morgan fingerprint density at radius 1 is 1.09 bits per heavy atom. The first-order valence-electron chi connectivity index (χ1n) is 11.2. The molecular weight excluding hydrogens is 424 g/mol. The molecule has 2 heterocycles. The molecule has 2 fully saturated rings. The van der Waals surface area contributed by atoms with Crippen molar-refractivity contribution in [2.75, 3.05) is 31.2 Å². The van der Waals surface area contributed by atoms with Crippen LogP contribution in [0.15, 0.2) is 47.4 Å². The highest BCUT2D eigenvalue weighted by Crippen LogP contribution is 2.36. The minimum Gasteiger partial charge on any atom is -0.507 e. The van der Waals surface area contributed by atoms with Gasteiger partial charge in [0.2, 0.25) is 0 Å². The van der Waals surface area contributed by atoms with Crippen molar-refractivity contribution in [2.45, 2.75) is 36.6 Å². The number of likely N-dealkylation sites (tertiary alicyclic amines) is 1. The third kappa shape index (κ3) is 4.42. The second kappa shape index (κ2) is 8.33. The Morgan fingerprint density at radius 2 is 1.88 bits per heavy atom. The zero-order valence-electron chi connectivity index (χ0n) is 18.2. The predicted molar refractivity (Wildman–Crippen MR) is 126 cm³/mol. The van der Waals surface area contributed by atoms with Gasteiger partial charge in [0.1, 0.15) is 11.4 Å². The van der Waals surface area contributed by atoms with Crippen molar-refractivity contribution in [3.05, 3.63) is 42.5 Å². The summed E-state index contributed by atoms with van der Waals surface area (Å²) in [4.78, 5) is 2.63. The molecule has 7 nitrogen and oxygen atoms in total. The van der Waals surface area contributed by atoms with E-state index in [1.165, 1.54) is 44.5 Å². The fraction of sp³-hybridized carbons (Fsp3) is 0.417. The summed E-state index contributed by atoms with van der Waals surface area (Å²) in [7, 11) is -3.41. The number of aromatic hydroxyl groups is 1. The molecule has 1 unspecified atom stereocenters. The van der Waals surface area contributed by atoms with Gasteiger partial charge in [-0.05, 0) is 56.3 Å². The quantitative estimate of drug-likeness (QED) is 0.589. The molecule has 2 N–H and O–H groups in total. The molecule has 0 bridgehead atoms. The van der Waals surface area contributed by atoms with Gasteiger partial charge in [0, 0.05) is 41.7 Å². The summed E-state index contributed by atoms with van der Waals surface area (Å²) in [5.74, 6) is 1.50. The van der Waals surface area contributed by atoms with Crippen LogP contribution in [0.1, 0.15) is 25.7 Å². The van der Waals surface area contributed by atoms with Gasteiger partial charge in [-0.3, -0.25) is 0 Å². The zero-order valence-corrected chi connectivity index (χ0v) is 19.0. The van der Waals surface area contributed by atoms with Gasteiger partial charge in [-0.15, -0.1) is 10.2 Å². The fourth-order valence-corrected chi connectivity index (χ4v) is 5.19. The van der Waals surface area contributed by atoms with Crippen LogP contribution in [-0.2, 0) is 9.84 Å². The number of phenols is 1. The minimum absolute atomic E-state index is 0.0716. The fourth-order valence-electron chi connectivity index (χ4n) is 4.55. The van der Waals surface area contributed by atoms with E-state index in [2.05, 4.69) is 20.4 Å². The van der Waals surface area contributed by atoms with Crippen LogP contribution in [0.4, 0.5) is 5.82 Å². The average molecular weight is 453 g/mol. The molecule has 2 aliphatic rings. The number of benzene rings is 2. The molecule has 1 aliphatic carbocycles. The normalized spacial score (nSPS) is 19.8. The van der Waals surface area contributed by atoms with Crippen molar-refractivity contribution in [3.8, 4) is 17.0 Å².